The van der Waals surface area contributed by atoms with E-state index in [1.54, 1.807) is 12.1 Å². The molecule has 2 aromatic carbocycles. The highest BCUT2D eigenvalue weighted by Crippen LogP contribution is 2.52. The third kappa shape index (κ3) is 4.85. The van der Waals surface area contributed by atoms with E-state index in [-0.39, 0.29) is 36.2 Å². The minimum absolute atomic E-state index is 0. The van der Waals surface area contributed by atoms with Gasteiger partial charge in [-0.05, 0) is 56.3 Å². The lowest BCUT2D eigenvalue weighted by atomic mass is 9.76. The maximum atomic E-state index is 13.1. The molecule has 5 rings (SSSR count). The second kappa shape index (κ2) is 9.12. The molecular weight excluding hydrogens is 443 g/mol. The van der Waals surface area contributed by atoms with Crippen LogP contribution in [0.25, 0.3) is 0 Å². The van der Waals surface area contributed by atoms with Crippen molar-refractivity contribution in [3.63, 3.8) is 0 Å². The van der Waals surface area contributed by atoms with Gasteiger partial charge < -0.3 is 19.5 Å². The predicted octanol–water partition coefficient (Wildman–Crippen LogP) is 5.92. The number of piperidine rings is 1. The van der Waals surface area contributed by atoms with E-state index in [0.29, 0.717) is 24.3 Å². The van der Waals surface area contributed by atoms with Gasteiger partial charge in [0.1, 0.15) is 11.5 Å². The van der Waals surface area contributed by atoms with Gasteiger partial charge in [-0.2, -0.15) is 0 Å². The van der Waals surface area contributed by atoms with Crippen LogP contribution < -0.4 is 14.8 Å². The van der Waals surface area contributed by atoms with Crippen LogP contribution in [0.2, 0.25) is 0 Å². The molecule has 3 atom stereocenters. The monoisotopic (exact) mass is 469 g/mol. The number of rotatable bonds is 5. The second-order valence-electron chi connectivity index (χ2n) is 8.71. The quantitative estimate of drug-likeness (QED) is 0.590. The molecule has 2 aliphatic heterocycles. The lowest BCUT2D eigenvalue weighted by Gasteiger charge is -2.41. The van der Waals surface area contributed by atoms with Crippen molar-refractivity contribution in [2.45, 2.75) is 62.1 Å². The molecule has 1 aliphatic carbocycles. The number of hydrogen-bond acceptors (Lipinski definition) is 4. The molecular formula is C24H27ClF3NO3. The molecule has 32 heavy (non-hydrogen) atoms. The molecule has 1 N–H and O–H groups in total. The van der Waals surface area contributed by atoms with Gasteiger partial charge in [-0.15, -0.1) is 25.6 Å². The minimum atomic E-state index is -4.76. The van der Waals surface area contributed by atoms with Crippen molar-refractivity contribution in [1.82, 2.24) is 5.32 Å². The number of ether oxygens (including phenoxy) is 3. The summed E-state index contributed by atoms with van der Waals surface area (Å²) in [5, 5.41) is 3.58. The molecule has 8 heteroatoms. The Morgan fingerprint density at radius 1 is 1.00 bits per heavy atom. The van der Waals surface area contributed by atoms with Crippen LogP contribution in [0.15, 0.2) is 48.5 Å². The molecule has 1 spiro atoms. The van der Waals surface area contributed by atoms with Gasteiger partial charge in [-0.3, -0.25) is 0 Å². The van der Waals surface area contributed by atoms with E-state index < -0.39 is 12.0 Å². The number of hydrogen-bond donors (Lipinski definition) is 1. The molecule has 4 nitrogen and oxygen atoms in total. The van der Waals surface area contributed by atoms with Crippen molar-refractivity contribution in [3.05, 3.63) is 59.7 Å². The molecule has 0 unspecified atom stereocenters. The van der Waals surface area contributed by atoms with E-state index in [1.165, 1.54) is 6.07 Å². The Bertz CT molecular complexity index is 922. The molecule has 174 valence electrons. The average molecular weight is 470 g/mol. The summed E-state index contributed by atoms with van der Waals surface area (Å²) in [4.78, 5) is 0. The highest BCUT2D eigenvalue weighted by atomic mass is 35.5. The number of nitrogens with one attached hydrogen (secondary N) is 1. The molecule has 3 fully saturated rings. The fourth-order valence-electron chi connectivity index (χ4n) is 5.00. The van der Waals surface area contributed by atoms with Crippen molar-refractivity contribution in [1.29, 1.82) is 0 Å². The minimum Gasteiger partial charge on any atom is -0.490 e. The predicted molar refractivity (Wildman–Crippen MR) is 116 cm³/mol. The highest BCUT2D eigenvalue weighted by Gasteiger charge is 2.50. The molecule has 0 radical (unpaired) electrons. The van der Waals surface area contributed by atoms with Crippen molar-refractivity contribution in [2.75, 3.05) is 13.2 Å². The maximum Gasteiger partial charge on any atom is 0.573 e. The summed E-state index contributed by atoms with van der Waals surface area (Å²) in [6.07, 6.45) is -0.407. The molecule has 0 aromatic heterocycles. The van der Waals surface area contributed by atoms with Gasteiger partial charge in [0.05, 0.1) is 24.4 Å². The van der Waals surface area contributed by atoms with E-state index in [4.69, 9.17) is 9.47 Å². The lowest BCUT2D eigenvalue weighted by molar-refractivity contribution is -0.275. The zero-order valence-corrected chi connectivity index (χ0v) is 18.4. The summed E-state index contributed by atoms with van der Waals surface area (Å²) >= 11 is 0. The fourth-order valence-corrected chi connectivity index (χ4v) is 5.00. The Kier molecular flexibility index (Phi) is 6.61. The Morgan fingerprint density at radius 2 is 1.75 bits per heavy atom. The molecule has 3 aliphatic rings. The van der Waals surface area contributed by atoms with Crippen LogP contribution in [0.1, 0.15) is 55.2 Å². The number of halogens is 4. The summed E-state index contributed by atoms with van der Waals surface area (Å²) in [5.41, 5.74) is 1.14. The van der Waals surface area contributed by atoms with E-state index in [1.807, 2.05) is 18.2 Å². The van der Waals surface area contributed by atoms with Crippen molar-refractivity contribution in [3.8, 4) is 11.5 Å². The first-order valence-corrected chi connectivity index (χ1v) is 10.9. The van der Waals surface area contributed by atoms with Crippen LogP contribution >= 0.6 is 12.4 Å². The normalized spacial score (nSPS) is 27.7. The van der Waals surface area contributed by atoms with Crippen molar-refractivity contribution < 1.29 is 27.4 Å². The van der Waals surface area contributed by atoms with E-state index in [9.17, 15) is 13.2 Å². The number of alkyl halides is 3. The molecule has 1 saturated carbocycles. The largest absolute Gasteiger partial charge is 0.573 e. The Labute approximate surface area is 191 Å². The summed E-state index contributed by atoms with van der Waals surface area (Å²) < 4.78 is 56.3. The molecule has 2 saturated heterocycles. The Balaban J connectivity index is 0.00000245. The van der Waals surface area contributed by atoms with E-state index >= 15 is 0 Å². The molecule has 2 aromatic rings. The molecule has 2 heterocycles. The van der Waals surface area contributed by atoms with E-state index in [0.717, 1.165) is 37.8 Å². The van der Waals surface area contributed by atoms with Crippen LogP contribution in [0, 0.1) is 0 Å². The van der Waals surface area contributed by atoms with Gasteiger partial charge in [0.2, 0.25) is 0 Å². The summed E-state index contributed by atoms with van der Waals surface area (Å²) in [6, 6.07) is 14.8. The zero-order chi connectivity index (χ0) is 21.5. The Morgan fingerprint density at radius 3 is 2.47 bits per heavy atom. The van der Waals surface area contributed by atoms with Gasteiger partial charge in [0.15, 0.2) is 0 Å². The summed E-state index contributed by atoms with van der Waals surface area (Å²) in [5.74, 6) is 0.0599. The summed E-state index contributed by atoms with van der Waals surface area (Å²) in [6.45, 7) is 1.23. The van der Waals surface area contributed by atoms with Crippen LogP contribution in [0.3, 0.4) is 0 Å². The molecule has 0 bridgehead atoms. The van der Waals surface area contributed by atoms with Crippen LogP contribution in [0.5, 0.6) is 11.5 Å². The average Bonchev–Trinajstić information content (AvgIpc) is 3.47. The standard InChI is InChI=1S/C24H26F3NO3.ClH/c25-24(26,27)31-20-9-4-8-19(30-18-10-11-18)21(20)17-14-23(29-15-17)12-5-13-28-22(23)16-6-2-1-3-7-16;/h1-4,6-9,17-18,22,28H,5,10-15H2;1H/t17-,22+,23-;/m1./s1. The van der Waals surface area contributed by atoms with Gasteiger partial charge in [0, 0.05) is 11.5 Å². The zero-order valence-electron chi connectivity index (χ0n) is 17.6. The van der Waals surface area contributed by atoms with Crippen LogP contribution in [0.4, 0.5) is 13.2 Å². The van der Waals surface area contributed by atoms with E-state index in [2.05, 4.69) is 22.2 Å². The topological polar surface area (TPSA) is 39.7 Å². The fraction of sp³-hybridized carbons (Fsp3) is 0.500. The first-order chi connectivity index (χ1) is 14.9. The first-order valence-electron chi connectivity index (χ1n) is 10.9. The summed E-state index contributed by atoms with van der Waals surface area (Å²) in [7, 11) is 0. The van der Waals surface area contributed by atoms with Gasteiger partial charge in [0.25, 0.3) is 0 Å². The third-order valence-electron chi connectivity index (χ3n) is 6.43. The van der Waals surface area contributed by atoms with Gasteiger partial charge in [-0.25, -0.2) is 0 Å². The Hall–Kier alpha value is -1.96. The van der Waals surface area contributed by atoms with Crippen molar-refractivity contribution in [2.24, 2.45) is 0 Å². The maximum absolute atomic E-state index is 13.1. The van der Waals surface area contributed by atoms with Gasteiger partial charge >= 0.3 is 6.36 Å². The first kappa shape index (κ1) is 23.2. The second-order valence-corrected chi connectivity index (χ2v) is 8.71. The smallest absolute Gasteiger partial charge is 0.490 e. The third-order valence-corrected chi connectivity index (χ3v) is 6.43. The SMILES string of the molecule is Cl.FC(F)(F)Oc1cccc(OC2CC2)c1[C@H]1CO[C@]2(CCCN[C@H]2c2ccccc2)C1. The molecule has 0 amide bonds. The number of benzene rings is 2. The highest BCUT2D eigenvalue weighted by molar-refractivity contribution is 5.85. The van der Waals surface area contributed by atoms with Crippen LogP contribution in [-0.2, 0) is 4.74 Å². The van der Waals surface area contributed by atoms with Crippen LogP contribution in [-0.4, -0.2) is 31.2 Å². The van der Waals surface area contributed by atoms with Gasteiger partial charge in [-0.1, -0.05) is 36.4 Å². The lowest BCUT2D eigenvalue weighted by Crippen LogP contribution is -2.48. The van der Waals surface area contributed by atoms with Crippen molar-refractivity contribution >= 4 is 12.4 Å².